The van der Waals surface area contributed by atoms with E-state index in [1.807, 2.05) is 6.08 Å². The van der Waals surface area contributed by atoms with Gasteiger partial charge in [-0.2, -0.15) is 8.42 Å². The Bertz CT molecular complexity index is 956. The molecule has 0 spiro atoms. The third-order valence-corrected chi connectivity index (χ3v) is 9.76. The fourth-order valence-electron chi connectivity index (χ4n) is 5.91. The Morgan fingerprint density at radius 2 is 0.939 bits per heavy atom. The van der Waals surface area contributed by atoms with E-state index in [4.69, 9.17) is 0 Å². The standard InChI is InChI=1S/C42H77NO5S/c1-3-5-7-9-11-13-15-17-19-20-21-22-24-26-28-30-32-34-36-38-42(45)43-40(39-49(46,47)48)41(44)37-35-33-31-29-27-25-23-18-16-14-12-10-8-6-4-2/h11,13,17,19,27,29,35,37,40-41,44H,3-10,12,14-16,18,20-26,28,30-34,36,38-39H2,1-2H3,(H,43,45)(H,46,47,48)/b13-11-,19-17-,29-27+,37-35+. The zero-order valence-corrected chi connectivity index (χ0v) is 32.6. The summed E-state index contributed by atoms with van der Waals surface area (Å²) in [5, 5.41) is 13.2. The van der Waals surface area contributed by atoms with Crippen molar-refractivity contribution in [3.8, 4) is 0 Å². The SMILES string of the molecule is CCCCC/C=C\C/C=C\CCCCCCCCCCCC(=O)NC(CS(=O)(=O)O)C(O)/C=C/CC/C=C/CCCCCCCCCCC. The van der Waals surface area contributed by atoms with Crippen LogP contribution >= 0.6 is 0 Å². The molecule has 0 saturated heterocycles. The van der Waals surface area contributed by atoms with Crippen LogP contribution in [-0.4, -0.2) is 41.9 Å². The van der Waals surface area contributed by atoms with E-state index in [1.54, 1.807) is 0 Å². The minimum absolute atomic E-state index is 0.282. The van der Waals surface area contributed by atoms with E-state index in [9.17, 15) is 22.9 Å². The van der Waals surface area contributed by atoms with Gasteiger partial charge >= 0.3 is 0 Å². The number of nitrogens with one attached hydrogen (secondary N) is 1. The summed E-state index contributed by atoms with van der Waals surface area (Å²) < 4.78 is 32.4. The third-order valence-electron chi connectivity index (χ3n) is 8.98. The Balaban J connectivity index is 3.97. The molecule has 0 heterocycles. The topological polar surface area (TPSA) is 104 Å². The maximum absolute atomic E-state index is 12.5. The fraction of sp³-hybridized carbons (Fsp3) is 0.786. The zero-order valence-electron chi connectivity index (χ0n) is 31.8. The molecule has 286 valence electrons. The average molecular weight is 708 g/mol. The second-order valence-corrected chi connectivity index (χ2v) is 15.4. The predicted octanol–water partition coefficient (Wildman–Crippen LogP) is 11.9. The van der Waals surface area contributed by atoms with Crippen molar-refractivity contribution in [2.45, 2.75) is 206 Å². The van der Waals surface area contributed by atoms with Gasteiger partial charge in [0.25, 0.3) is 10.1 Å². The van der Waals surface area contributed by atoms with E-state index in [0.29, 0.717) is 6.42 Å². The third kappa shape index (κ3) is 37.4. The van der Waals surface area contributed by atoms with E-state index in [1.165, 1.54) is 128 Å². The molecule has 0 aromatic heterocycles. The van der Waals surface area contributed by atoms with Crippen LogP contribution in [0.2, 0.25) is 0 Å². The van der Waals surface area contributed by atoms with E-state index < -0.39 is 28.0 Å². The molecule has 0 radical (unpaired) electrons. The minimum atomic E-state index is -4.35. The van der Waals surface area contributed by atoms with Crippen molar-refractivity contribution in [2.75, 3.05) is 5.75 Å². The van der Waals surface area contributed by atoms with Crippen molar-refractivity contribution in [1.82, 2.24) is 5.32 Å². The van der Waals surface area contributed by atoms with Crippen LogP contribution in [0.1, 0.15) is 194 Å². The van der Waals surface area contributed by atoms with Crippen LogP contribution in [-0.2, 0) is 14.9 Å². The van der Waals surface area contributed by atoms with Gasteiger partial charge in [0.1, 0.15) is 0 Å². The summed E-state index contributed by atoms with van der Waals surface area (Å²) in [7, 11) is -4.35. The van der Waals surface area contributed by atoms with Gasteiger partial charge in [0.05, 0.1) is 17.9 Å². The zero-order chi connectivity index (χ0) is 36.1. The van der Waals surface area contributed by atoms with Gasteiger partial charge in [-0.15, -0.1) is 0 Å². The molecule has 0 aliphatic heterocycles. The molecular weight excluding hydrogens is 631 g/mol. The molecule has 6 nitrogen and oxygen atoms in total. The molecule has 49 heavy (non-hydrogen) atoms. The van der Waals surface area contributed by atoms with Crippen molar-refractivity contribution in [3.63, 3.8) is 0 Å². The molecule has 0 bridgehead atoms. The Kier molecular flexibility index (Phi) is 34.9. The molecule has 7 heteroatoms. The average Bonchev–Trinajstić information content (AvgIpc) is 3.06. The summed E-state index contributed by atoms with van der Waals surface area (Å²) in [6.07, 6.45) is 48.1. The van der Waals surface area contributed by atoms with Crippen LogP contribution in [0.4, 0.5) is 0 Å². The van der Waals surface area contributed by atoms with Gasteiger partial charge in [-0.25, -0.2) is 0 Å². The first-order valence-corrected chi connectivity index (χ1v) is 21.9. The molecule has 3 N–H and O–H groups in total. The lowest BCUT2D eigenvalue weighted by Gasteiger charge is -2.21. The number of carbonyl (C=O) groups excluding carboxylic acids is 1. The lowest BCUT2D eigenvalue weighted by atomic mass is 10.1. The molecule has 0 aliphatic rings. The first-order valence-electron chi connectivity index (χ1n) is 20.3. The Labute approximate surface area is 303 Å². The lowest BCUT2D eigenvalue weighted by Crippen LogP contribution is -2.46. The molecule has 2 unspecified atom stereocenters. The maximum Gasteiger partial charge on any atom is 0.267 e. The first kappa shape index (κ1) is 47.3. The number of carbonyl (C=O) groups is 1. The molecule has 0 aliphatic carbocycles. The Hall–Kier alpha value is -1.70. The number of aliphatic hydroxyl groups excluding tert-OH is 1. The maximum atomic E-state index is 12.5. The number of unbranched alkanes of at least 4 members (excludes halogenated alkanes) is 22. The highest BCUT2D eigenvalue weighted by Crippen LogP contribution is 2.13. The molecule has 0 aromatic carbocycles. The van der Waals surface area contributed by atoms with Crippen molar-refractivity contribution in [2.24, 2.45) is 0 Å². The minimum Gasteiger partial charge on any atom is -0.387 e. The molecule has 0 fully saturated rings. The number of hydrogen-bond donors (Lipinski definition) is 3. The van der Waals surface area contributed by atoms with Gasteiger partial charge in [-0.05, 0) is 64.2 Å². The summed E-state index contributed by atoms with van der Waals surface area (Å²) in [6, 6.07) is -1.08. The highest BCUT2D eigenvalue weighted by Gasteiger charge is 2.24. The summed E-state index contributed by atoms with van der Waals surface area (Å²) >= 11 is 0. The van der Waals surface area contributed by atoms with E-state index in [0.717, 1.165) is 44.9 Å². The fourth-order valence-corrected chi connectivity index (χ4v) is 6.64. The van der Waals surface area contributed by atoms with Crippen LogP contribution in [0.15, 0.2) is 48.6 Å². The Morgan fingerprint density at radius 1 is 0.551 bits per heavy atom. The lowest BCUT2D eigenvalue weighted by molar-refractivity contribution is -0.122. The second-order valence-electron chi connectivity index (χ2n) is 13.9. The molecule has 0 saturated carbocycles. The molecule has 0 aromatic rings. The number of amides is 1. The molecule has 1 amide bonds. The quantitative estimate of drug-likeness (QED) is 0.0342. The first-order chi connectivity index (χ1) is 23.8. The Morgan fingerprint density at radius 3 is 1.45 bits per heavy atom. The largest absolute Gasteiger partial charge is 0.387 e. The second kappa shape index (κ2) is 36.1. The normalized spacial score (nSPS) is 13.8. The van der Waals surface area contributed by atoms with Crippen molar-refractivity contribution < 1.29 is 22.9 Å². The van der Waals surface area contributed by atoms with Crippen LogP contribution in [0.3, 0.4) is 0 Å². The number of rotatable bonds is 36. The summed E-state index contributed by atoms with van der Waals surface area (Å²) in [5.41, 5.74) is 0. The van der Waals surface area contributed by atoms with Crippen LogP contribution < -0.4 is 5.32 Å². The highest BCUT2D eigenvalue weighted by atomic mass is 32.2. The smallest absolute Gasteiger partial charge is 0.267 e. The van der Waals surface area contributed by atoms with E-state index >= 15 is 0 Å². The highest BCUT2D eigenvalue weighted by molar-refractivity contribution is 7.85. The van der Waals surface area contributed by atoms with Gasteiger partial charge in [-0.3, -0.25) is 9.35 Å². The number of aliphatic hydroxyl groups is 1. The van der Waals surface area contributed by atoms with Gasteiger partial charge in [0.2, 0.25) is 5.91 Å². The molecular formula is C42H77NO5S. The number of allylic oxidation sites excluding steroid dienone is 7. The predicted molar refractivity (Wildman–Crippen MR) is 212 cm³/mol. The number of hydrogen-bond acceptors (Lipinski definition) is 4. The monoisotopic (exact) mass is 708 g/mol. The van der Waals surface area contributed by atoms with E-state index in [2.05, 4.69) is 55.6 Å². The molecule has 0 rings (SSSR count). The van der Waals surface area contributed by atoms with Gasteiger partial charge < -0.3 is 10.4 Å². The van der Waals surface area contributed by atoms with Crippen LogP contribution in [0.25, 0.3) is 0 Å². The van der Waals surface area contributed by atoms with Gasteiger partial charge in [0.15, 0.2) is 0 Å². The van der Waals surface area contributed by atoms with Gasteiger partial charge in [0, 0.05) is 6.42 Å². The van der Waals surface area contributed by atoms with Crippen molar-refractivity contribution >= 4 is 16.0 Å². The summed E-state index contributed by atoms with van der Waals surface area (Å²) in [4.78, 5) is 12.5. The summed E-state index contributed by atoms with van der Waals surface area (Å²) in [6.45, 7) is 4.49. The van der Waals surface area contributed by atoms with Crippen LogP contribution in [0.5, 0.6) is 0 Å². The van der Waals surface area contributed by atoms with Crippen molar-refractivity contribution in [1.29, 1.82) is 0 Å². The van der Waals surface area contributed by atoms with Gasteiger partial charge in [-0.1, -0.05) is 172 Å². The van der Waals surface area contributed by atoms with Crippen LogP contribution in [0, 0.1) is 0 Å². The van der Waals surface area contributed by atoms with E-state index in [-0.39, 0.29) is 12.3 Å². The van der Waals surface area contributed by atoms with Crippen molar-refractivity contribution in [3.05, 3.63) is 48.6 Å². The summed E-state index contributed by atoms with van der Waals surface area (Å²) in [5.74, 6) is -1.01. The molecule has 2 atom stereocenters.